The first-order valence-electron chi connectivity index (χ1n) is 6.21. The van der Waals surface area contributed by atoms with Gasteiger partial charge in [0.25, 0.3) is 0 Å². The lowest BCUT2D eigenvalue weighted by Crippen LogP contribution is -2.36. The highest BCUT2D eigenvalue weighted by Gasteiger charge is 2.24. The summed E-state index contributed by atoms with van der Waals surface area (Å²) in [5, 5.41) is 20.9. The molecule has 1 aromatic carbocycles. The lowest BCUT2D eigenvalue weighted by molar-refractivity contribution is 0.116. The van der Waals surface area contributed by atoms with E-state index in [1.54, 1.807) is 6.07 Å². The van der Waals surface area contributed by atoms with Crippen LogP contribution in [0, 0.1) is 0 Å². The first-order valence-corrected chi connectivity index (χ1v) is 6.21. The number of aliphatic hydroxyl groups is 1. The first-order chi connectivity index (χ1) is 8.75. The van der Waals surface area contributed by atoms with Crippen LogP contribution in [-0.2, 0) is 0 Å². The van der Waals surface area contributed by atoms with E-state index in [1.165, 1.54) is 0 Å². The van der Waals surface area contributed by atoms with Crippen molar-refractivity contribution in [3.63, 3.8) is 0 Å². The van der Waals surface area contributed by atoms with Gasteiger partial charge in [0.1, 0.15) is 0 Å². The van der Waals surface area contributed by atoms with Crippen LogP contribution in [0.15, 0.2) is 16.8 Å². The number of fused-ring (bicyclic) bond motifs is 1. The average Bonchev–Trinajstić information content (AvgIpc) is 2.85. The molecular formula is C12H16N4O2. The number of nitrogens with zero attached hydrogens (tertiary/aromatic N) is 2. The van der Waals surface area contributed by atoms with Gasteiger partial charge in [-0.25, -0.2) is 4.63 Å². The molecule has 0 bridgehead atoms. The number of benzene rings is 1. The highest BCUT2D eigenvalue weighted by atomic mass is 16.6. The van der Waals surface area contributed by atoms with Crippen LogP contribution < -0.4 is 11.1 Å². The van der Waals surface area contributed by atoms with Crippen LogP contribution in [0.5, 0.6) is 0 Å². The van der Waals surface area contributed by atoms with Crippen molar-refractivity contribution in [1.82, 2.24) is 10.3 Å². The maximum Gasteiger partial charge on any atom is 0.160 e. The third kappa shape index (κ3) is 1.88. The van der Waals surface area contributed by atoms with Crippen molar-refractivity contribution >= 4 is 22.4 Å². The summed E-state index contributed by atoms with van der Waals surface area (Å²) in [6, 6.07) is 3.68. The molecule has 0 amide bonds. The van der Waals surface area contributed by atoms with Gasteiger partial charge in [-0.2, -0.15) is 0 Å². The van der Waals surface area contributed by atoms with Gasteiger partial charge in [-0.1, -0.05) is 12.8 Å². The largest absolute Gasteiger partial charge is 0.397 e. The van der Waals surface area contributed by atoms with Crippen LogP contribution in [0.2, 0.25) is 0 Å². The van der Waals surface area contributed by atoms with Crippen molar-refractivity contribution in [1.29, 1.82) is 0 Å². The van der Waals surface area contributed by atoms with E-state index in [0.29, 0.717) is 16.7 Å². The predicted molar refractivity (Wildman–Crippen MR) is 68.1 cm³/mol. The molecule has 1 fully saturated rings. The van der Waals surface area contributed by atoms with Crippen LogP contribution in [0.1, 0.15) is 25.7 Å². The number of nitrogens with two attached hydrogens (primary N) is 1. The number of aliphatic hydroxyl groups excluding tert-OH is 1. The Morgan fingerprint density at radius 1 is 1.22 bits per heavy atom. The standard InChI is InChI=1S/C12H16N4O2/c13-7-5-6-9(12-11(7)15-18-16-12)14-8-3-1-2-4-10(8)17/h5-6,8,10,14,17H,1-4,13H2. The molecule has 1 aliphatic rings. The normalized spacial score (nSPS) is 24.3. The second kappa shape index (κ2) is 4.45. The molecule has 0 saturated heterocycles. The van der Waals surface area contributed by atoms with Crippen molar-refractivity contribution in [3.05, 3.63) is 12.1 Å². The highest BCUT2D eigenvalue weighted by molar-refractivity contribution is 5.95. The molecule has 0 spiro atoms. The van der Waals surface area contributed by atoms with Gasteiger partial charge < -0.3 is 16.2 Å². The summed E-state index contributed by atoms with van der Waals surface area (Å²) in [6.45, 7) is 0. The Morgan fingerprint density at radius 3 is 2.83 bits per heavy atom. The first kappa shape index (κ1) is 11.3. The molecule has 6 nitrogen and oxygen atoms in total. The smallest absolute Gasteiger partial charge is 0.160 e. The SMILES string of the molecule is Nc1ccc(NC2CCCCC2O)c2nonc12. The van der Waals surface area contributed by atoms with E-state index >= 15 is 0 Å². The number of hydrogen-bond donors (Lipinski definition) is 3. The molecule has 96 valence electrons. The average molecular weight is 248 g/mol. The van der Waals surface area contributed by atoms with E-state index in [1.807, 2.05) is 6.07 Å². The zero-order valence-corrected chi connectivity index (χ0v) is 9.97. The molecule has 2 unspecified atom stereocenters. The van der Waals surface area contributed by atoms with Crippen LogP contribution in [0.4, 0.5) is 11.4 Å². The molecule has 0 aliphatic heterocycles. The summed E-state index contributed by atoms with van der Waals surface area (Å²) in [5.41, 5.74) is 8.32. The fourth-order valence-corrected chi connectivity index (χ4v) is 2.48. The van der Waals surface area contributed by atoms with Gasteiger partial charge in [-0.3, -0.25) is 0 Å². The molecule has 1 aliphatic carbocycles. The van der Waals surface area contributed by atoms with Crippen molar-refractivity contribution < 1.29 is 9.74 Å². The van der Waals surface area contributed by atoms with Crippen LogP contribution in [0.25, 0.3) is 11.0 Å². The quantitative estimate of drug-likeness (QED) is 0.697. The predicted octanol–water partition coefficient (Wildman–Crippen LogP) is 1.52. The minimum atomic E-state index is -0.314. The van der Waals surface area contributed by atoms with Gasteiger partial charge in [0.2, 0.25) is 0 Å². The lowest BCUT2D eigenvalue weighted by atomic mass is 9.92. The monoisotopic (exact) mass is 248 g/mol. The van der Waals surface area contributed by atoms with E-state index < -0.39 is 0 Å². The van der Waals surface area contributed by atoms with Gasteiger partial charge in [0.05, 0.1) is 23.5 Å². The number of aromatic nitrogens is 2. The minimum Gasteiger partial charge on any atom is -0.397 e. The summed E-state index contributed by atoms with van der Waals surface area (Å²) >= 11 is 0. The second-order valence-electron chi connectivity index (χ2n) is 4.77. The van der Waals surface area contributed by atoms with E-state index in [9.17, 15) is 5.11 Å². The van der Waals surface area contributed by atoms with E-state index in [-0.39, 0.29) is 12.1 Å². The van der Waals surface area contributed by atoms with Gasteiger partial charge in [0, 0.05) is 0 Å². The molecular weight excluding hydrogens is 232 g/mol. The lowest BCUT2D eigenvalue weighted by Gasteiger charge is -2.29. The topological polar surface area (TPSA) is 97.2 Å². The Bertz CT molecular complexity index is 554. The molecule has 1 saturated carbocycles. The molecule has 2 aromatic rings. The zero-order valence-electron chi connectivity index (χ0n) is 9.97. The molecule has 1 aromatic heterocycles. The van der Waals surface area contributed by atoms with Crippen LogP contribution in [-0.4, -0.2) is 27.6 Å². The maximum absolute atomic E-state index is 9.96. The Kier molecular flexibility index (Phi) is 2.79. The Hall–Kier alpha value is -1.82. The fraction of sp³-hybridized carbons (Fsp3) is 0.500. The van der Waals surface area contributed by atoms with E-state index in [4.69, 9.17) is 10.4 Å². The van der Waals surface area contributed by atoms with Gasteiger partial charge in [-0.15, -0.1) is 0 Å². The Morgan fingerprint density at radius 2 is 2.00 bits per heavy atom. The number of nitrogens with one attached hydrogen (secondary N) is 1. The van der Waals surface area contributed by atoms with Crippen LogP contribution >= 0.6 is 0 Å². The van der Waals surface area contributed by atoms with E-state index in [0.717, 1.165) is 31.4 Å². The van der Waals surface area contributed by atoms with Crippen molar-refractivity contribution in [3.8, 4) is 0 Å². The van der Waals surface area contributed by atoms with Crippen molar-refractivity contribution in [2.24, 2.45) is 0 Å². The summed E-state index contributed by atoms with van der Waals surface area (Å²) in [5.74, 6) is 0. The molecule has 1 heterocycles. The third-order valence-electron chi connectivity index (χ3n) is 3.52. The van der Waals surface area contributed by atoms with Crippen LogP contribution in [0.3, 0.4) is 0 Å². The van der Waals surface area contributed by atoms with Crippen molar-refractivity contribution in [2.45, 2.75) is 37.8 Å². The Balaban J connectivity index is 1.90. The number of hydrogen-bond acceptors (Lipinski definition) is 6. The number of anilines is 2. The second-order valence-corrected chi connectivity index (χ2v) is 4.77. The molecule has 0 radical (unpaired) electrons. The van der Waals surface area contributed by atoms with Gasteiger partial charge in [0.15, 0.2) is 11.0 Å². The highest BCUT2D eigenvalue weighted by Crippen LogP contribution is 2.28. The maximum atomic E-state index is 9.96. The Labute approximate surface area is 104 Å². The molecule has 18 heavy (non-hydrogen) atoms. The summed E-state index contributed by atoms with van der Waals surface area (Å²) < 4.78 is 4.72. The minimum absolute atomic E-state index is 0.0577. The number of nitrogen functional groups attached to an aromatic ring is 1. The molecule has 4 N–H and O–H groups in total. The summed E-state index contributed by atoms with van der Waals surface area (Å²) in [7, 11) is 0. The molecule has 2 atom stereocenters. The van der Waals surface area contributed by atoms with Gasteiger partial charge >= 0.3 is 0 Å². The molecule has 3 rings (SSSR count). The molecule has 6 heteroatoms. The third-order valence-corrected chi connectivity index (χ3v) is 3.52. The van der Waals surface area contributed by atoms with Crippen molar-refractivity contribution in [2.75, 3.05) is 11.1 Å². The fourth-order valence-electron chi connectivity index (χ4n) is 2.48. The number of rotatable bonds is 2. The van der Waals surface area contributed by atoms with Gasteiger partial charge in [-0.05, 0) is 35.3 Å². The summed E-state index contributed by atoms with van der Waals surface area (Å²) in [6.07, 6.45) is 3.70. The van der Waals surface area contributed by atoms with E-state index in [2.05, 4.69) is 15.6 Å². The zero-order chi connectivity index (χ0) is 12.5. The summed E-state index contributed by atoms with van der Waals surface area (Å²) in [4.78, 5) is 0.